The molecule has 0 N–H and O–H groups in total. The molecule has 0 spiro atoms. The Bertz CT molecular complexity index is 681. The Labute approximate surface area is 158 Å². The highest BCUT2D eigenvalue weighted by Crippen LogP contribution is 2.26. The molecule has 1 aromatic carbocycles. The summed E-state index contributed by atoms with van der Waals surface area (Å²) in [5, 5.41) is 0. The lowest BCUT2D eigenvalue weighted by molar-refractivity contribution is -0.134. The summed E-state index contributed by atoms with van der Waals surface area (Å²) in [6, 6.07) is 11.3. The molecule has 5 nitrogen and oxygen atoms in total. The van der Waals surface area contributed by atoms with Crippen LogP contribution < -0.4 is 9.47 Å². The first kappa shape index (κ1) is 18.7. The number of methoxy groups -OCH3 is 1. The number of benzene rings is 1. The molecule has 1 saturated heterocycles. The van der Waals surface area contributed by atoms with Crippen molar-refractivity contribution in [3.05, 3.63) is 48.4 Å². The van der Waals surface area contributed by atoms with Crippen LogP contribution in [0.4, 0.5) is 0 Å². The van der Waals surface area contributed by atoms with E-state index in [0.29, 0.717) is 17.4 Å². The molecule has 0 radical (unpaired) electrons. The van der Waals surface area contributed by atoms with Crippen molar-refractivity contribution in [1.82, 2.24) is 4.90 Å². The summed E-state index contributed by atoms with van der Waals surface area (Å²) in [6.45, 7) is 1.67. The van der Waals surface area contributed by atoms with Gasteiger partial charge in [0.05, 0.1) is 19.1 Å². The summed E-state index contributed by atoms with van der Waals surface area (Å²) in [5.74, 6) is 5.00. The van der Waals surface area contributed by atoms with Gasteiger partial charge in [0.25, 0.3) is 5.91 Å². The topological polar surface area (TPSA) is 51.9 Å². The molecular weight excluding hydrogens is 350 g/mol. The standard InChI is InChI=1S/C20H25NO4S/c1-23-18-6-2-3-7-19(18)25-13-20(22)21-10-8-16(9-11-21)14-26-15-17-5-4-12-24-17/h2-7,12,16H,8-11,13-15H2,1H3. The molecular formula is C20H25NO4S. The van der Waals surface area contributed by atoms with E-state index in [1.807, 2.05) is 53.1 Å². The van der Waals surface area contributed by atoms with Crippen LogP contribution in [0.25, 0.3) is 0 Å². The van der Waals surface area contributed by atoms with Crippen molar-refractivity contribution < 1.29 is 18.7 Å². The first-order valence-corrected chi connectivity index (χ1v) is 10.1. The number of piperidine rings is 1. The van der Waals surface area contributed by atoms with E-state index in [1.165, 1.54) is 0 Å². The largest absolute Gasteiger partial charge is 0.493 e. The van der Waals surface area contributed by atoms with Crippen molar-refractivity contribution >= 4 is 17.7 Å². The number of amides is 1. The summed E-state index contributed by atoms with van der Waals surface area (Å²) in [6.07, 6.45) is 3.81. The van der Waals surface area contributed by atoms with Crippen LogP contribution in [0.2, 0.25) is 0 Å². The molecule has 1 amide bonds. The number of carbonyl (C=O) groups excluding carboxylic acids is 1. The quantitative estimate of drug-likeness (QED) is 0.702. The zero-order chi connectivity index (χ0) is 18.2. The Kier molecular flexibility index (Phi) is 6.89. The zero-order valence-corrected chi connectivity index (χ0v) is 15.9. The second-order valence-corrected chi connectivity index (χ2v) is 7.39. The fourth-order valence-electron chi connectivity index (χ4n) is 3.04. The predicted molar refractivity (Wildman–Crippen MR) is 103 cm³/mol. The number of nitrogens with zero attached hydrogens (tertiary/aromatic N) is 1. The number of ether oxygens (including phenoxy) is 2. The smallest absolute Gasteiger partial charge is 0.260 e. The number of furan rings is 1. The van der Waals surface area contributed by atoms with Gasteiger partial charge in [-0.05, 0) is 48.8 Å². The molecule has 3 rings (SSSR count). The molecule has 140 valence electrons. The Morgan fingerprint density at radius 2 is 1.96 bits per heavy atom. The van der Waals surface area contributed by atoms with E-state index in [-0.39, 0.29) is 12.5 Å². The van der Waals surface area contributed by atoms with E-state index in [9.17, 15) is 4.79 Å². The maximum Gasteiger partial charge on any atom is 0.260 e. The fraction of sp³-hybridized carbons (Fsp3) is 0.450. The van der Waals surface area contributed by atoms with Crippen molar-refractivity contribution in [2.75, 3.05) is 32.6 Å². The second-order valence-electron chi connectivity index (χ2n) is 6.36. The van der Waals surface area contributed by atoms with E-state index in [1.54, 1.807) is 13.4 Å². The van der Waals surface area contributed by atoms with Gasteiger partial charge in [-0.3, -0.25) is 4.79 Å². The lowest BCUT2D eigenvalue weighted by Gasteiger charge is -2.31. The summed E-state index contributed by atoms with van der Waals surface area (Å²) in [5.41, 5.74) is 0. The Morgan fingerprint density at radius 1 is 1.19 bits per heavy atom. The summed E-state index contributed by atoms with van der Waals surface area (Å²) >= 11 is 1.90. The van der Waals surface area contributed by atoms with Crippen LogP contribution in [0, 0.1) is 5.92 Å². The lowest BCUT2D eigenvalue weighted by Crippen LogP contribution is -2.41. The third-order valence-corrected chi connectivity index (χ3v) is 5.76. The first-order chi connectivity index (χ1) is 12.8. The molecule has 0 unspecified atom stereocenters. The first-order valence-electron chi connectivity index (χ1n) is 8.90. The van der Waals surface area contributed by atoms with Gasteiger partial charge in [0.1, 0.15) is 5.76 Å². The zero-order valence-electron chi connectivity index (χ0n) is 15.1. The minimum absolute atomic E-state index is 0.0394. The van der Waals surface area contributed by atoms with E-state index < -0.39 is 0 Å². The number of para-hydroxylation sites is 2. The van der Waals surface area contributed by atoms with Crippen LogP contribution >= 0.6 is 11.8 Å². The number of thioether (sulfide) groups is 1. The highest BCUT2D eigenvalue weighted by molar-refractivity contribution is 7.98. The molecule has 2 aromatic rings. The third kappa shape index (κ3) is 5.21. The van der Waals surface area contributed by atoms with Gasteiger partial charge in [-0.1, -0.05) is 12.1 Å². The minimum Gasteiger partial charge on any atom is -0.493 e. The van der Waals surface area contributed by atoms with Crippen LogP contribution in [0.5, 0.6) is 11.5 Å². The van der Waals surface area contributed by atoms with Crippen LogP contribution in [-0.2, 0) is 10.5 Å². The van der Waals surface area contributed by atoms with Crippen LogP contribution in [-0.4, -0.2) is 43.4 Å². The number of hydrogen-bond donors (Lipinski definition) is 0. The Hall–Kier alpha value is -2.08. The van der Waals surface area contributed by atoms with Crippen molar-refractivity contribution in [2.24, 2.45) is 5.92 Å². The molecule has 0 aliphatic carbocycles. The maximum atomic E-state index is 12.4. The number of hydrogen-bond acceptors (Lipinski definition) is 5. The highest BCUT2D eigenvalue weighted by Gasteiger charge is 2.23. The van der Waals surface area contributed by atoms with Crippen molar-refractivity contribution in [3.8, 4) is 11.5 Å². The molecule has 1 fully saturated rings. The number of rotatable bonds is 8. The van der Waals surface area contributed by atoms with Gasteiger partial charge in [0.15, 0.2) is 18.1 Å². The Balaban J connectivity index is 1.36. The molecule has 1 aromatic heterocycles. The molecule has 0 bridgehead atoms. The third-order valence-electron chi connectivity index (χ3n) is 4.57. The lowest BCUT2D eigenvalue weighted by atomic mass is 9.99. The summed E-state index contributed by atoms with van der Waals surface area (Å²) in [4.78, 5) is 14.3. The minimum atomic E-state index is 0.0394. The highest BCUT2D eigenvalue weighted by atomic mass is 32.2. The monoisotopic (exact) mass is 375 g/mol. The van der Waals surface area contributed by atoms with Gasteiger partial charge in [-0.15, -0.1) is 0 Å². The average Bonchev–Trinajstić information content (AvgIpc) is 3.20. The normalized spacial score (nSPS) is 15.0. The van der Waals surface area contributed by atoms with Gasteiger partial charge in [-0.25, -0.2) is 0 Å². The van der Waals surface area contributed by atoms with E-state index in [2.05, 4.69) is 0 Å². The van der Waals surface area contributed by atoms with Crippen molar-refractivity contribution in [1.29, 1.82) is 0 Å². The summed E-state index contributed by atoms with van der Waals surface area (Å²) in [7, 11) is 1.60. The van der Waals surface area contributed by atoms with E-state index >= 15 is 0 Å². The van der Waals surface area contributed by atoms with Gasteiger partial charge < -0.3 is 18.8 Å². The molecule has 1 aliphatic rings. The van der Waals surface area contributed by atoms with Crippen molar-refractivity contribution in [3.63, 3.8) is 0 Å². The van der Waals surface area contributed by atoms with Crippen LogP contribution in [0.15, 0.2) is 47.1 Å². The molecule has 0 atom stereocenters. The summed E-state index contributed by atoms with van der Waals surface area (Å²) < 4.78 is 16.2. The molecule has 26 heavy (non-hydrogen) atoms. The molecule has 6 heteroatoms. The van der Waals surface area contributed by atoms with E-state index in [4.69, 9.17) is 13.9 Å². The van der Waals surface area contributed by atoms with Gasteiger partial charge in [0, 0.05) is 13.1 Å². The second kappa shape index (κ2) is 9.57. The van der Waals surface area contributed by atoms with Crippen molar-refractivity contribution in [2.45, 2.75) is 18.6 Å². The van der Waals surface area contributed by atoms with Gasteiger partial charge >= 0.3 is 0 Å². The maximum absolute atomic E-state index is 12.4. The average molecular weight is 375 g/mol. The number of likely N-dealkylation sites (tertiary alicyclic amines) is 1. The van der Waals surface area contributed by atoms with E-state index in [0.717, 1.165) is 43.2 Å². The predicted octanol–water partition coefficient (Wildman–Crippen LogP) is 3.84. The molecule has 2 heterocycles. The Morgan fingerprint density at radius 3 is 2.65 bits per heavy atom. The fourth-order valence-corrected chi connectivity index (χ4v) is 4.19. The molecule has 1 aliphatic heterocycles. The van der Waals surface area contributed by atoms with Crippen LogP contribution in [0.3, 0.4) is 0 Å². The SMILES string of the molecule is COc1ccccc1OCC(=O)N1CCC(CSCc2ccco2)CC1. The van der Waals surface area contributed by atoms with Gasteiger partial charge in [-0.2, -0.15) is 11.8 Å². The van der Waals surface area contributed by atoms with Gasteiger partial charge in [0.2, 0.25) is 0 Å². The number of carbonyl (C=O) groups is 1. The van der Waals surface area contributed by atoms with Crippen LogP contribution in [0.1, 0.15) is 18.6 Å². The molecule has 0 saturated carbocycles.